The SMILES string of the molecule is O=C(CCc1nc(-c2ccccn2)no1)N1CCSCC1. The van der Waals surface area contributed by atoms with Crippen molar-refractivity contribution in [1.82, 2.24) is 20.0 Å². The number of hydrogen-bond acceptors (Lipinski definition) is 6. The third-order valence-corrected chi connectivity index (χ3v) is 4.22. The molecule has 1 aliphatic heterocycles. The normalized spacial score (nSPS) is 15.1. The first-order valence-corrected chi connectivity index (χ1v) is 8.08. The summed E-state index contributed by atoms with van der Waals surface area (Å²) in [7, 11) is 0. The number of aryl methyl sites for hydroxylation is 1. The van der Waals surface area contributed by atoms with Gasteiger partial charge in [0.15, 0.2) is 0 Å². The van der Waals surface area contributed by atoms with Crippen molar-refractivity contribution in [2.24, 2.45) is 0 Å². The lowest BCUT2D eigenvalue weighted by molar-refractivity contribution is -0.130. The molecule has 0 spiro atoms. The van der Waals surface area contributed by atoms with Crippen LogP contribution < -0.4 is 0 Å². The van der Waals surface area contributed by atoms with Crippen molar-refractivity contribution in [2.45, 2.75) is 12.8 Å². The van der Waals surface area contributed by atoms with Gasteiger partial charge in [-0.15, -0.1) is 0 Å². The maximum Gasteiger partial charge on any atom is 0.227 e. The van der Waals surface area contributed by atoms with Crippen LogP contribution in [0.1, 0.15) is 12.3 Å². The summed E-state index contributed by atoms with van der Waals surface area (Å²) in [4.78, 5) is 22.4. The molecule has 1 fully saturated rings. The van der Waals surface area contributed by atoms with E-state index in [-0.39, 0.29) is 5.91 Å². The predicted molar refractivity (Wildman–Crippen MR) is 79.8 cm³/mol. The number of hydrogen-bond donors (Lipinski definition) is 0. The van der Waals surface area contributed by atoms with Crippen LogP contribution in [-0.4, -0.2) is 50.5 Å². The van der Waals surface area contributed by atoms with Gasteiger partial charge in [0.05, 0.1) is 0 Å². The Labute approximate surface area is 126 Å². The van der Waals surface area contributed by atoms with E-state index in [9.17, 15) is 4.79 Å². The monoisotopic (exact) mass is 304 g/mol. The van der Waals surface area contributed by atoms with Crippen LogP contribution in [0, 0.1) is 0 Å². The molecule has 0 aliphatic carbocycles. The smallest absolute Gasteiger partial charge is 0.227 e. The van der Waals surface area contributed by atoms with E-state index in [4.69, 9.17) is 4.52 Å². The highest BCUT2D eigenvalue weighted by atomic mass is 32.2. The first kappa shape index (κ1) is 14.1. The van der Waals surface area contributed by atoms with Crippen molar-refractivity contribution < 1.29 is 9.32 Å². The lowest BCUT2D eigenvalue weighted by Crippen LogP contribution is -2.37. The molecule has 6 nitrogen and oxygen atoms in total. The zero-order valence-corrected chi connectivity index (χ0v) is 12.4. The highest BCUT2D eigenvalue weighted by Gasteiger charge is 2.18. The third-order valence-electron chi connectivity index (χ3n) is 3.28. The number of nitrogens with zero attached hydrogens (tertiary/aromatic N) is 4. The lowest BCUT2D eigenvalue weighted by Gasteiger charge is -2.26. The van der Waals surface area contributed by atoms with E-state index in [0.29, 0.717) is 30.3 Å². The third kappa shape index (κ3) is 3.60. The fourth-order valence-corrected chi connectivity index (χ4v) is 3.04. The second-order valence-electron chi connectivity index (χ2n) is 4.72. The van der Waals surface area contributed by atoms with Crippen molar-refractivity contribution in [3.8, 4) is 11.5 Å². The van der Waals surface area contributed by atoms with Crippen molar-refractivity contribution in [3.05, 3.63) is 30.3 Å². The Hall–Kier alpha value is -1.89. The Balaban J connectivity index is 1.56. The van der Waals surface area contributed by atoms with Crippen LogP contribution >= 0.6 is 11.8 Å². The van der Waals surface area contributed by atoms with Gasteiger partial charge in [0, 0.05) is 43.6 Å². The van der Waals surface area contributed by atoms with Gasteiger partial charge in [-0.3, -0.25) is 9.78 Å². The summed E-state index contributed by atoms with van der Waals surface area (Å²) >= 11 is 1.89. The maximum absolute atomic E-state index is 12.1. The van der Waals surface area contributed by atoms with Gasteiger partial charge in [0.2, 0.25) is 17.6 Å². The zero-order valence-electron chi connectivity index (χ0n) is 11.6. The lowest BCUT2D eigenvalue weighted by atomic mass is 10.2. The summed E-state index contributed by atoms with van der Waals surface area (Å²) in [6.07, 6.45) is 2.57. The molecule has 21 heavy (non-hydrogen) atoms. The Morgan fingerprint density at radius 1 is 1.33 bits per heavy atom. The molecule has 0 radical (unpaired) electrons. The van der Waals surface area contributed by atoms with Gasteiger partial charge in [-0.1, -0.05) is 11.2 Å². The number of pyridine rings is 1. The Kier molecular flexibility index (Phi) is 4.49. The number of thioether (sulfide) groups is 1. The zero-order chi connectivity index (χ0) is 14.5. The van der Waals surface area contributed by atoms with E-state index >= 15 is 0 Å². The molecule has 0 atom stereocenters. The quantitative estimate of drug-likeness (QED) is 0.855. The molecule has 1 aliphatic rings. The molecule has 7 heteroatoms. The summed E-state index contributed by atoms with van der Waals surface area (Å²) in [5.74, 6) is 3.15. The number of amides is 1. The number of carbonyl (C=O) groups excluding carboxylic acids is 1. The molecular weight excluding hydrogens is 288 g/mol. The Morgan fingerprint density at radius 2 is 2.19 bits per heavy atom. The van der Waals surface area contributed by atoms with Gasteiger partial charge in [-0.05, 0) is 12.1 Å². The van der Waals surface area contributed by atoms with Gasteiger partial charge in [0.25, 0.3) is 0 Å². The second kappa shape index (κ2) is 6.71. The molecule has 1 amide bonds. The molecule has 0 aromatic carbocycles. The fourth-order valence-electron chi connectivity index (χ4n) is 2.14. The molecule has 0 unspecified atom stereocenters. The van der Waals surface area contributed by atoms with Crippen molar-refractivity contribution >= 4 is 17.7 Å². The molecule has 1 saturated heterocycles. The van der Waals surface area contributed by atoms with Crippen LogP contribution in [0.5, 0.6) is 0 Å². The largest absolute Gasteiger partial charge is 0.341 e. The highest BCUT2D eigenvalue weighted by Crippen LogP contribution is 2.14. The number of rotatable bonds is 4. The molecule has 2 aromatic heterocycles. The minimum absolute atomic E-state index is 0.160. The van der Waals surface area contributed by atoms with E-state index in [1.807, 2.05) is 34.9 Å². The number of aromatic nitrogens is 3. The second-order valence-corrected chi connectivity index (χ2v) is 5.94. The van der Waals surface area contributed by atoms with Crippen molar-refractivity contribution in [1.29, 1.82) is 0 Å². The minimum atomic E-state index is 0.160. The molecule has 3 heterocycles. The van der Waals surface area contributed by atoms with Crippen molar-refractivity contribution in [2.75, 3.05) is 24.6 Å². The summed E-state index contributed by atoms with van der Waals surface area (Å²) in [5.41, 5.74) is 0.673. The van der Waals surface area contributed by atoms with Gasteiger partial charge < -0.3 is 9.42 Å². The average molecular weight is 304 g/mol. The fraction of sp³-hybridized carbons (Fsp3) is 0.429. The summed E-state index contributed by atoms with van der Waals surface area (Å²) in [5, 5.41) is 3.90. The summed E-state index contributed by atoms with van der Waals surface area (Å²) in [6.45, 7) is 1.68. The van der Waals surface area contributed by atoms with E-state index in [1.54, 1.807) is 6.20 Å². The van der Waals surface area contributed by atoms with Crippen LogP contribution in [-0.2, 0) is 11.2 Å². The molecule has 110 valence electrons. The van der Waals surface area contributed by atoms with Gasteiger partial charge in [0.1, 0.15) is 5.69 Å². The molecule has 2 aromatic rings. The summed E-state index contributed by atoms with van der Waals surface area (Å²) in [6, 6.07) is 5.53. The molecule has 0 saturated carbocycles. The topological polar surface area (TPSA) is 72.1 Å². The van der Waals surface area contributed by atoms with Gasteiger partial charge >= 0.3 is 0 Å². The van der Waals surface area contributed by atoms with E-state index in [2.05, 4.69) is 15.1 Å². The maximum atomic E-state index is 12.1. The van der Waals surface area contributed by atoms with E-state index in [0.717, 1.165) is 24.6 Å². The van der Waals surface area contributed by atoms with E-state index in [1.165, 1.54) is 0 Å². The standard InChI is InChI=1S/C14H16N4O2S/c19-13(18-7-9-21-10-8-18)5-4-12-16-14(17-20-12)11-3-1-2-6-15-11/h1-3,6H,4-5,7-10H2. The molecule has 0 N–H and O–H groups in total. The van der Waals surface area contributed by atoms with Crippen LogP contribution in [0.15, 0.2) is 28.9 Å². The minimum Gasteiger partial charge on any atom is -0.341 e. The highest BCUT2D eigenvalue weighted by molar-refractivity contribution is 7.99. The van der Waals surface area contributed by atoms with Gasteiger partial charge in [-0.25, -0.2) is 0 Å². The van der Waals surface area contributed by atoms with Crippen LogP contribution in [0.25, 0.3) is 11.5 Å². The predicted octanol–water partition coefficient (Wildman–Crippen LogP) is 1.64. The Bertz CT molecular complexity index is 596. The molecule has 0 bridgehead atoms. The molecular formula is C14H16N4O2S. The van der Waals surface area contributed by atoms with Crippen molar-refractivity contribution in [3.63, 3.8) is 0 Å². The Morgan fingerprint density at radius 3 is 2.95 bits per heavy atom. The van der Waals surface area contributed by atoms with Crippen LogP contribution in [0.4, 0.5) is 0 Å². The van der Waals surface area contributed by atoms with Gasteiger partial charge in [-0.2, -0.15) is 16.7 Å². The first-order valence-electron chi connectivity index (χ1n) is 6.92. The van der Waals surface area contributed by atoms with Crippen LogP contribution in [0.3, 0.4) is 0 Å². The summed E-state index contributed by atoms with van der Waals surface area (Å²) < 4.78 is 5.18. The molecule has 3 rings (SSSR count). The van der Waals surface area contributed by atoms with E-state index < -0.39 is 0 Å². The first-order chi connectivity index (χ1) is 10.3. The van der Waals surface area contributed by atoms with Crippen LogP contribution in [0.2, 0.25) is 0 Å². The number of carbonyl (C=O) groups is 1. The average Bonchev–Trinajstić information content (AvgIpc) is 3.03.